The number of piperazine rings is 1. The molecule has 0 aliphatic carbocycles. The lowest BCUT2D eigenvalue weighted by atomic mass is 10.2. The number of hydrogen-bond acceptors (Lipinski definition) is 6. The molecule has 0 spiro atoms. The number of carbonyl (C=O) groups is 1. The van der Waals surface area contributed by atoms with Gasteiger partial charge in [-0.05, 0) is 35.8 Å². The Balaban J connectivity index is 1.79. The third kappa shape index (κ3) is 3.44. The van der Waals surface area contributed by atoms with E-state index in [1.54, 1.807) is 29.2 Å². The average molecular weight is 387 g/mol. The van der Waals surface area contributed by atoms with Gasteiger partial charge >= 0.3 is 0 Å². The fourth-order valence-electron chi connectivity index (χ4n) is 2.38. The van der Waals surface area contributed by atoms with Crippen molar-refractivity contribution in [2.45, 2.75) is 11.3 Å². The molecule has 2 heterocycles. The summed E-state index contributed by atoms with van der Waals surface area (Å²) in [6.07, 6.45) is 0. The molecule has 0 N–H and O–H groups in total. The molecular formula is C14H15ClN4O3S2. The molecule has 10 heteroatoms. The minimum Gasteiger partial charge on any atom is -0.340 e. The molecule has 1 saturated heterocycles. The van der Waals surface area contributed by atoms with Gasteiger partial charge in [-0.3, -0.25) is 4.79 Å². The number of halogens is 1. The summed E-state index contributed by atoms with van der Waals surface area (Å²) in [5.41, 5.74) is 0.707. The standard InChI is InChI=1S/C14H15ClN4O3S2/c1-10(20)18-6-8-19(9-7-18)24(21,22)14-16-13(17-23-14)11-2-4-12(15)5-3-11/h2-5H,6-9H2,1H3. The fraction of sp³-hybridized carbons (Fsp3) is 0.357. The van der Waals surface area contributed by atoms with E-state index in [0.29, 0.717) is 29.5 Å². The highest BCUT2D eigenvalue weighted by molar-refractivity contribution is 7.91. The Hall–Kier alpha value is -1.55. The maximum Gasteiger partial charge on any atom is 0.272 e. The lowest BCUT2D eigenvalue weighted by molar-refractivity contribution is -0.129. The maximum absolute atomic E-state index is 12.7. The Morgan fingerprint density at radius 1 is 1.17 bits per heavy atom. The van der Waals surface area contributed by atoms with Crippen molar-refractivity contribution in [3.8, 4) is 11.4 Å². The van der Waals surface area contributed by atoms with Gasteiger partial charge < -0.3 is 4.90 Å². The van der Waals surface area contributed by atoms with Crippen LogP contribution in [0.15, 0.2) is 28.6 Å². The van der Waals surface area contributed by atoms with Crippen LogP contribution in [0.4, 0.5) is 0 Å². The lowest BCUT2D eigenvalue weighted by Gasteiger charge is -2.32. The van der Waals surface area contributed by atoms with Gasteiger partial charge in [0, 0.05) is 43.7 Å². The zero-order chi connectivity index (χ0) is 17.3. The predicted molar refractivity (Wildman–Crippen MR) is 91.4 cm³/mol. The predicted octanol–water partition coefficient (Wildman–Crippen LogP) is 1.71. The second-order valence-electron chi connectivity index (χ2n) is 5.30. The zero-order valence-corrected chi connectivity index (χ0v) is 15.2. The van der Waals surface area contributed by atoms with Gasteiger partial charge in [-0.15, -0.1) is 0 Å². The van der Waals surface area contributed by atoms with Crippen molar-refractivity contribution in [2.75, 3.05) is 26.2 Å². The third-order valence-electron chi connectivity index (χ3n) is 3.75. The van der Waals surface area contributed by atoms with Crippen molar-refractivity contribution in [3.05, 3.63) is 29.3 Å². The number of hydrogen-bond donors (Lipinski definition) is 0. The summed E-state index contributed by atoms with van der Waals surface area (Å²) in [6.45, 7) is 2.78. The molecule has 0 saturated carbocycles. The molecule has 1 amide bonds. The van der Waals surface area contributed by atoms with Crippen molar-refractivity contribution in [1.82, 2.24) is 18.6 Å². The molecule has 0 atom stereocenters. The summed E-state index contributed by atoms with van der Waals surface area (Å²) in [5, 5.41) is 0.588. The van der Waals surface area contributed by atoms with Crippen LogP contribution < -0.4 is 0 Å². The van der Waals surface area contributed by atoms with Gasteiger partial charge in [0.2, 0.25) is 10.2 Å². The summed E-state index contributed by atoms with van der Waals surface area (Å²) in [5.74, 6) is 0.311. The molecule has 24 heavy (non-hydrogen) atoms. The van der Waals surface area contributed by atoms with E-state index in [-0.39, 0.29) is 23.3 Å². The van der Waals surface area contributed by atoms with Crippen LogP contribution >= 0.6 is 23.1 Å². The minimum absolute atomic E-state index is 0.0382. The number of carbonyl (C=O) groups excluding carboxylic acids is 1. The number of nitrogens with zero attached hydrogens (tertiary/aromatic N) is 4. The van der Waals surface area contributed by atoms with Crippen LogP contribution in [0, 0.1) is 0 Å². The number of aromatic nitrogens is 2. The van der Waals surface area contributed by atoms with Gasteiger partial charge in [0.15, 0.2) is 5.82 Å². The Kier molecular flexibility index (Phi) is 4.86. The fourth-order valence-corrected chi connectivity index (χ4v) is 4.82. The van der Waals surface area contributed by atoms with Crippen LogP contribution in [0.5, 0.6) is 0 Å². The molecule has 1 aromatic heterocycles. The van der Waals surface area contributed by atoms with Crippen LogP contribution in [-0.2, 0) is 14.8 Å². The van der Waals surface area contributed by atoms with Crippen LogP contribution in [0.1, 0.15) is 6.92 Å². The minimum atomic E-state index is -3.69. The average Bonchev–Trinajstić information content (AvgIpc) is 3.06. The molecule has 1 aliphatic heterocycles. The van der Waals surface area contributed by atoms with Crippen molar-refractivity contribution in [1.29, 1.82) is 0 Å². The van der Waals surface area contributed by atoms with E-state index in [9.17, 15) is 13.2 Å². The van der Waals surface area contributed by atoms with Crippen LogP contribution in [0.25, 0.3) is 11.4 Å². The largest absolute Gasteiger partial charge is 0.340 e. The maximum atomic E-state index is 12.7. The molecule has 0 unspecified atom stereocenters. The van der Waals surface area contributed by atoms with Crippen LogP contribution in [-0.4, -0.2) is 59.1 Å². The zero-order valence-electron chi connectivity index (χ0n) is 12.8. The SMILES string of the molecule is CC(=O)N1CCN(S(=O)(=O)c2nc(-c3ccc(Cl)cc3)ns2)CC1. The van der Waals surface area contributed by atoms with Gasteiger partial charge in [-0.1, -0.05) is 11.6 Å². The Morgan fingerprint density at radius 2 is 1.79 bits per heavy atom. The molecule has 7 nitrogen and oxygen atoms in total. The highest BCUT2D eigenvalue weighted by Crippen LogP contribution is 2.25. The van der Waals surface area contributed by atoms with Crippen LogP contribution in [0.2, 0.25) is 5.02 Å². The summed E-state index contributed by atoms with van der Waals surface area (Å²) in [7, 11) is -3.69. The topological polar surface area (TPSA) is 83.5 Å². The second-order valence-corrected chi connectivity index (χ2v) is 8.60. The van der Waals surface area contributed by atoms with Crippen molar-refractivity contribution >= 4 is 39.1 Å². The molecule has 128 valence electrons. The summed E-state index contributed by atoms with van der Waals surface area (Å²) in [4.78, 5) is 17.1. The molecule has 1 fully saturated rings. The Morgan fingerprint density at radius 3 is 2.38 bits per heavy atom. The van der Waals surface area contributed by atoms with Gasteiger partial charge in [-0.2, -0.15) is 8.68 Å². The second kappa shape index (κ2) is 6.75. The first-order valence-electron chi connectivity index (χ1n) is 7.23. The number of benzene rings is 1. The number of sulfonamides is 1. The monoisotopic (exact) mass is 386 g/mol. The van der Waals surface area contributed by atoms with E-state index >= 15 is 0 Å². The number of amides is 1. The summed E-state index contributed by atoms with van der Waals surface area (Å²) < 4.78 is 30.8. The van der Waals surface area contributed by atoms with E-state index in [2.05, 4.69) is 9.36 Å². The van der Waals surface area contributed by atoms with E-state index < -0.39 is 10.0 Å². The first kappa shape index (κ1) is 17.3. The quantitative estimate of drug-likeness (QED) is 0.801. The molecule has 2 aromatic rings. The molecule has 1 aliphatic rings. The highest BCUT2D eigenvalue weighted by Gasteiger charge is 2.32. The molecule has 0 bridgehead atoms. The van der Waals surface area contributed by atoms with Crippen LogP contribution in [0.3, 0.4) is 0 Å². The normalized spacial score (nSPS) is 16.3. The smallest absolute Gasteiger partial charge is 0.272 e. The van der Waals surface area contributed by atoms with Gasteiger partial charge in [0.1, 0.15) is 0 Å². The van der Waals surface area contributed by atoms with E-state index in [1.165, 1.54) is 11.2 Å². The van der Waals surface area contributed by atoms with E-state index in [0.717, 1.165) is 11.5 Å². The summed E-state index contributed by atoms with van der Waals surface area (Å²) >= 11 is 6.70. The first-order chi connectivity index (χ1) is 11.4. The van der Waals surface area contributed by atoms with Gasteiger partial charge in [-0.25, -0.2) is 13.4 Å². The Bertz CT molecular complexity index is 843. The van der Waals surface area contributed by atoms with Gasteiger partial charge in [0.05, 0.1) is 0 Å². The molecule has 3 rings (SSSR count). The Labute approximate surface area is 149 Å². The number of rotatable bonds is 3. The molecule has 0 radical (unpaired) electrons. The highest BCUT2D eigenvalue weighted by atomic mass is 35.5. The van der Waals surface area contributed by atoms with Gasteiger partial charge in [0.25, 0.3) is 10.0 Å². The van der Waals surface area contributed by atoms with E-state index in [4.69, 9.17) is 11.6 Å². The molecule has 1 aromatic carbocycles. The first-order valence-corrected chi connectivity index (χ1v) is 9.82. The van der Waals surface area contributed by atoms with Crippen molar-refractivity contribution in [3.63, 3.8) is 0 Å². The van der Waals surface area contributed by atoms with E-state index in [1.807, 2.05) is 0 Å². The van der Waals surface area contributed by atoms with Crippen molar-refractivity contribution in [2.24, 2.45) is 0 Å². The third-order valence-corrected chi connectivity index (χ3v) is 6.95. The summed E-state index contributed by atoms with van der Waals surface area (Å²) in [6, 6.07) is 6.89. The molecular weight excluding hydrogens is 372 g/mol. The lowest BCUT2D eigenvalue weighted by Crippen LogP contribution is -2.49. The van der Waals surface area contributed by atoms with Crippen molar-refractivity contribution < 1.29 is 13.2 Å².